The molecule has 0 saturated heterocycles. The van der Waals surface area contributed by atoms with E-state index in [1.54, 1.807) is 22.8 Å². The molecule has 0 atom stereocenters. The van der Waals surface area contributed by atoms with Gasteiger partial charge in [-0.25, -0.2) is 9.59 Å². The van der Waals surface area contributed by atoms with Crippen molar-refractivity contribution in [2.45, 2.75) is 33.7 Å². The van der Waals surface area contributed by atoms with Gasteiger partial charge in [0.05, 0.1) is 5.52 Å². The Balaban J connectivity index is 1.83. The van der Waals surface area contributed by atoms with Crippen molar-refractivity contribution < 1.29 is 9.21 Å². The molecule has 0 bridgehead atoms. The third kappa shape index (κ3) is 3.28. The quantitative estimate of drug-likeness (QED) is 0.741. The van der Waals surface area contributed by atoms with Crippen molar-refractivity contribution >= 4 is 28.5 Å². The molecule has 1 heterocycles. The molecule has 0 fully saturated rings. The van der Waals surface area contributed by atoms with Crippen LogP contribution in [0.1, 0.15) is 31.0 Å². The molecule has 0 radical (unpaired) electrons. The van der Waals surface area contributed by atoms with Gasteiger partial charge < -0.3 is 15.1 Å². The third-order valence-corrected chi connectivity index (χ3v) is 4.11. The average Bonchev–Trinajstić information content (AvgIpc) is 2.86. The largest absolute Gasteiger partial charge is 0.420 e. The second-order valence-electron chi connectivity index (χ2n) is 6.36. The van der Waals surface area contributed by atoms with Crippen molar-refractivity contribution in [2.75, 3.05) is 10.6 Å². The Hall–Kier alpha value is -3.02. The highest BCUT2D eigenvalue weighted by atomic mass is 16.4. The van der Waals surface area contributed by atoms with Gasteiger partial charge in [-0.1, -0.05) is 18.2 Å². The molecule has 25 heavy (non-hydrogen) atoms. The van der Waals surface area contributed by atoms with Gasteiger partial charge in [-0.05, 0) is 51.0 Å². The lowest BCUT2D eigenvalue weighted by molar-refractivity contribution is 0.262. The Morgan fingerprint density at radius 2 is 1.76 bits per heavy atom. The monoisotopic (exact) mass is 339 g/mol. The Labute approximate surface area is 145 Å². The summed E-state index contributed by atoms with van der Waals surface area (Å²) in [7, 11) is 0. The fourth-order valence-corrected chi connectivity index (χ4v) is 2.89. The van der Waals surface area contributed by atoms with E-state index < -0.39 is 5.76 Å². The van der Waals surface area contributed by atoms with Crippen LogP contribution < -0.4 is 16.4 Å². The maximum Gasteiger partial charge on any atom is 0.420 e. The summed E-state index contributed by atoms with van der Waals surface area (Å²) in [5.41, 5.74) is 4.49. The Kier molecular flexibility index (Phi) is 4.35. The second kappa shape index (κ2) is 6.47. The molecular formula is C19H21N3O3. The van der Waals surface area contributed by atoms with E-state index in [2.05, 4.69) is 10.6 Å². The van der Waals surface area contributed by atoms with Gasteiger partial charge in [0.2, 0.25) is 0 Å². The fourth-order valence-electron chi connectivity index (χ4n) is 2.89. The number of para-hydroxylation sites is 1. The van der Waals surface area contributed by atoms with Gasteiger partial charge in [0.25, 0.3) is 0 Å². The molecule has 0 aliphatic rings. The highest BCUT2D eigenvalue weighted by Gasteiger charge is 2.13. The van der Waals surface area contributed by atoms with E-state index in [0.29, 0.717) is 16.8 Å². The summed E-state index contributed by atoms with van der Waals surface area (Å²) < 4.78 is 6.85. The highest BCUT2D eigenvalue weighted by molar-refractivity contribution is 6.01. The SMILES string of the molecule is Cc1cccc(C)c1NC(=O)Nc1ccc2c(c1)oc(=O)n2C(C)C. The number of hydrogen-bond donors (Lipinski definition) is 2. The van der Waals surface area contributed by atoms with Gasteiger partial charge >= 0.3 is 11.8 Å². The number of fused-ring (bicyclic) bond motifs is 1. The minimum Gasteiger partial charge on any atom is -0.408 e. The first-order valence-electron chi connectivity index (χ1n) is 8.16. The topological polar surface area (TPSA) is 76.3 Å². The summed E-state index contributed by atoms with van der Waals surface area (Å²) in [6.07, 6.45) is 0. The lowest BCUT2D eigenvalue weighted by atomic mass is 10.1. The molecule has 0 saturated carbocycles. The van der Waals surface area contributed by atoms with Crippen LogP contribution in [0.15, 0.2) is 45.6 Å². The number of nitrogens with zero attached hydrogens (tertiary/aromatic N) is 1. The molecule has 3 aromatic rings. The van der Waals surface area contributed by atoms with Crippen LogP contribution in [0.5, 0.6) is 0 Å². The number of rotatable bonds is 3. The molecule has 2 N–H and O–H groups in total. The molecule has 2 aromatic carbocycles. The van der Waals surface area contributed by atoms with E-state index >= 15 is 0 Å². The zero-order valence-electron chi connectivity index (χ0n) is 14.7. The number of anilines is 2. The number of amides is 2. The molecule has 3 rings (SSSR count). The highest BCUT2D eigenvalue weighted by Crippen LogP contribution is 2.22. The predicted octanol–water partition coefficient (Wildman–Crippen LogP) is 4.44. The lowest BCUT2D eigenvalue weighted by Crippen LogP contribution is -2.20. The van der Waals surface area contributed by atoms with Crippen molar-refractivity contribution in [1.82, 2.24) is 4.57 Å². The van der Waals surface area contributed by atoms with E-state index in [0.717, 1.165) is 16.8 Å². The van der Waals surface area contributed by atoms with Crippen LogP contribution in [0.4, 0.5) is 16.2 Å². The van der Waals surface area contributed by atoms with Crippen LogP contribution >= 0.6 is 0 Å². The van der Waals surface area contributed by atoms with E-state index in [9.17, 15) is 9.59 Å². The van der Waals surface area contributed by atoms with Crippen LogP contribution in [-0.4, -0.2) is 10.6 Å². The number of carbonyl (C=O) groups excluding carboxylic acids is 1. The molecule has 0 unspecified atom stereocenters. The molecule has 6 nitrogen and oxygen atoms in total. The molecule has 1 aromatic heterocycles. The Bertz CT molecular complexity index is 979. The minimum atomic E-state index is -0.401. The summed E-state index contributed by atoms with van der Waals surface area (Å²) >= 11 is 0. The number of nitrogens with one attached hydrogen (secondary N) is 2. The van der Waals surface area contributed by atoms with Gasteiger partial charge in [-0.15, -0.1) is 0 Å². The van der Waals surface area contributed by atoms with Crippen molar-refractivity contribution in [2.24, 2.45) is 0 Å². The molecule has 6 heteroatoms. The smallest absolute Gasteiger partial charge is 0.408 e. The maximum atomic E-state index is 12.3. The predicted molar refractivity (Wildman–Crippen MR) is 99.4 cm³/mol. The minimum absolute atomic E-state index is 0.000103. The van der Waals surface area contributed by atoms with Crippen LogP contribution in [0, 0.1) is 13.8 Å². The molecule has 0 aliphatic carbocycles. The van der Waals surface area contributed by atoms with E-state index in [-0.39, 0.29) is 12.1 Å². The molecule has 0 aliphatic heterocycles. The van der Waals surface area contributed by atoms with E-state index in [4.69, 9.17) is 4.42 Å². The van der Waals surface area contributed by atoms with Crippen LogP contribution in [0.25, 0.3) is 11.1 Å². The first-order valence-corrected chi connectivity index (χ1v) is 8.16. The number of hydrogen-bond acceptors (Lipinski definition) is 3. The molecule has 130 valence electrons. The lowest BCUT2D eigenvalue weighted by Gasteiger charge is -2.12. The van der Waals surface area contributed by atoms with Crippen LogP contribution in [-0.2, 0) is 0 Å². The first-order chi connectivity index (χ1) is 11.9. The van der Waals surface area contributed by atoms with Crippen LogP contribution in [0.3, 0.4) is 0 Å². The Morgan fingerprint density at radius 3 is 2.40 bits per heavy atom. The number of aryl methyl sites for hydroxylation is 2. The van der Waals surface area contributed by atoms with Crippen molar-refractivity contribution in [1.29, 1.82) is 0 Å². The zero-order valence-corrected chi connectivity index (χ0v) is 14.7. The summed E-state index contributed by atoms with van der Waals surface area (Å²) in [5.74, 6) is -0.401. The Morgan fingerprint density at radius 1 is 1.08 bits per heavy atom. The van der Waals surface area contributed by atoms with Gasteiger partial charge in [0, 0.05) is 23.5 Å². The molecule has 0 spiro atoms. The summed E-state index contributed by atoms with van der Waals surface area (Å²) in [6, 6.07) is 10.7. The van der Waals surface area contributed by atoms with E-state index in [1.165, 1.54) is 0 Å². The summed E-state index contributed by atoms with van der Waals surface area (Å²) in [5, 5.41) is 5.64. The maximum absolute atomic E-state index is 12.3. The summed E-state index contributed by atoms with van der Waals surface area (Å²) in [4.78, 5) is 24.2. The van der Waals surface area contributed by atoms with Crippen molar-refractivity contribution in [3.63, 3.8) is 0 Å². The summed E-state index contributed by atoms with van der Waals surface area (Å²) in [6.45, 7) is 7.72. The van der Waals surface area contributed by atoms with Crippen LogP contribution in [0.2, 0.25) is 0 Å². The van der Waals surface area contributed by atoms with Gasteiger partial charge in [-0.3, -0.25) is 4.57 Å². The fraction of sp³-hybridized carbons (Fsp3) is 0.263. The number of benzene rings is 2. The third-order valence-electron chi connectivity index (χ3n) is 4.11. The van der Waals surface area contributed by atoms with Crippen molar-refractivity contribution in [3.8, 4) is 0 Å². The standard InChI is InChI=1S/C19H21N3O3/c1-11(2)22-15-9-8-14(10-16(15)25-19(22)24)20-18(23)21-17-12(3)6-5-7-13(17)4/h5-11H,1-4H3,(H2,20,21,23). The van der Waals surface area contributed by atoms with Gasteiger partial charge in [-0.2, -0.15) is 0 Å². The van der Waals surface area contributed by atoms with Gasteiger partial charge in [0.15, 0.2) is 5.58 Å². The number of urea groups is 1. The van der Waals surface area contributed by atoms with Gasteiger partial charge in [0.1, 0.15) is 0 Å². The number of oxazole rings is 1. The first kappa shape index (κ1) is 16.8. The zero-order chi connectivity index (χ0) is 18.1. The number of carbonyl (C=O) groups is 1. The number of aromatic nitrogens is 1. The van der Waals surface area contributed by atoms with E-state index in [1.807, 2.05) is 45.9 Å². The average molecular weight is 339 g/mol. The molecular weight excluding hydrogens is 318 g/mol. The van der Waals surface area contributed by atoms with Crippen molar-refractivity contribution in [3.05, 3.63) is 58.1 Å². The normalized spacial score (nSPS) is 11.1. The molecule has 2 amide bonds. The second-order valence-corrected chi connectivity index (χ2v) is 6.36.